The first-order chi connectivity index (χ1) is 14.8. The van der Waals surface area contributed by atoms with Crippen molar-refractivity contribution in [1.82, 2.24) is 9.71 Å². The lowest BCUT2D eigenvalue weighted by molar-refractivity contribution is -0.139. The molecule has 32 heavy (non-hydrogen) atoms. The summed E-state index contributed by atoms with van der Waals surface area (Å²) in [5, 5.41) is 9.40. The maximum absolute atomic E-state index is 13.3. The monoisotopic (exact) mass is 464 g/mol. The summed E-state index contributed by atoms with van der Waals surface area (Å²) in [6, 6.07) is 11.9. The van der Waals surface area contributed by atoms with Gasteiger partial charge in [0.2, 0.25) is 10.0 Å². The first-order valence-corrected chi connectivity index (χ1v) is 10.8. The molecule has 0 bridgehead atoms. The van der Waals surface area contributed by atoms with E-state index in [1.165, 1.54) is 38.4 Å². The molecule has 1 aromatic heterocycles. The van der Waals surface area contributed by atoms with Crippen LogP contribution in [0.1, 0.15) is 35.3 Å². The topological polar surface area (TPSA) is 96.4 Å². The van der Waals surface area contributed by atoms with Crippen molar-refractivity contribution in [3.8, 4) is 11.1 Å². The highest BCUT2D eigenvalue weighted by molar-refractivity contribution is 7.89. The van der Waals surface area contributed by atoms with E-state index in [0.717, 1.165) is 12.1 Å². The molecule has 10 heteroatoms. The lowest BCUT2D eigenvalue weighted by Gasteiger charge is -2.28. The smallest absolute Gasteiger partial charge is 0.417 e. The Bertz CT molecular complexity index is 1270. The second-order valence-corrected chi connectivity index (χ2v) is 9.18. The largest absolute Gasteiger partial charge is 0.478 e. The molecule has 2 N–H and O–H groups in total. The summed E-state index contributed by atoms with van der Waals surface area (Å²) in [6.45, 7) is 3.01. The van der Waals surface area contributed by atoms with Gasteiger partial charge in [-0.2, -0.15) is 13.2 Å². The Balaban J connectivity index is 2.02. The molecule has 3 rings (SSSR count). The number of sulfonamides is 1. The normalized spacial score (nSPS) is 12.5. The standard InChI is InChI=1S/C22H19F3N2O4S/c1-21(2,27-32(30,31)19-9-4-3-8-18(19)22(23,24)25)15-7-5-6-14(12-15)16-10-11-26-13-17(16)20(28)29/h3-13,27H,1-2H3,(H,28,29). The number of carbonyl (C=O) groups is 1. The van der Waals surface area contributed by atoms with Gasteiger partial charge in [-0.3, -0.25) is 4.98 Å². The predicted octanol–water partition coefficient (Wildman–Crippen LogP) is 4.68. The second kappa shape index (κ2) is 8.36. The third kappa shape index (κ3) is 4.81. The number of nitrogens with zero attached hydrogens (tertiary/aromatic N) is 1. The molecule has 0 amide bonds. The predicted molar refractivity (Wildman–Crippen MR) is 111 cm³/mol. The lowest BCUT2D eigenvalue weighted by atomic mass is 9.91. The van der Waals surface area contributed by atoms with Gasteiger partial charge in [0.1, 0.15) is 0 Å². The molecular weight excluding hydrogens is 445 g/mol. The number of alkyl halides is 3. The highest BCUT2D eigenvalue weighted by atomic mass is 32.2. The Morgan fingerprint density at radius 3 is 2.38 bits per heavy atom. The SMILES string of the molecule is CC(C)(NS(=O)(=O)c1ccccc1C(F)(F)F)c1cccc(-c2ccncc2C(=O)O)c1. The number of pyridine rings is 1. The van der Waals surface area contributed by atoms with E-state index in [1.807, 2.05) is 0 Å². The van der Waals surface area contributed by atoms with E-state index < -0.39 is 38.2 Å². The van der Waals surface area contributed by atoms with Crippen molar-refractivity contribution in [2.45, 2.75) is 30.5 Å². The number of nitrogens with one attached hydrogen (secondary N) is 1. The molecule has 0 spiro atoms. The van der Waals surface area contributed by atoms with E-state index in [1.54, 1.807) is 24.3 Å². The molecule has 0 fully saturated rings. The third-order valence-electron chi connectivity index (χ3n) is 4.82. The Morgan fingerprint density at radius 1 is 1.03 bits per heavy atom. The fourth-order valence-corrected chi connectivity index (χ4v) is 4.91. The zero-order valence-electron chi connectivity index (χ0n) is 17.0. The molecule has 0 aliphatic rings. The van der Waals surface area contributed by atoms with Gasteiger partial charge in [0.05, 0.1) is 21.6 Å². The summed E-state index contributed by atoms with van der Waals surface area (Å²) in [6.07, 6.45) is -2.22. The molecule has 0 saturated heterocycles. The molecule has 0 radical (unpaired) electrons. The number of rotatable bonds is 6. The molecule has 1 heterocycles. The molecule has 2 aromatic carbocycles. The summed E-state index contributed by atoms with van der Waals surface area (Å²) in [5.74, 6) is -1.18. The van der Waals surface area contributed by atoms with E-state index in [-0.39, 0.29) is 5.56 Å². The van der Waals surface area contributed by atoms with Gasteiger partial charge in [-0.05, 0) is 54.8 Å². The fraction of sp³-hybridized carbons (Fsp3) is 0.182. The maximum atomic E-state index is 13.3. The van der Waals surface area contributed by atoms with Gasteiger partial charge in [0.25, 0.3) is 0 Å². The van der Waals surface area contributed by atoms with Crippen LogP contribution < -0.4 is 4.72 Å². The number of benzene rings is 2. The minimum atomic E-state index is -4.84. The highest BCUT2D eigenvalue weighted by Gasteiger charge is 2.38. The van der Waals surface area contributed by atoms with Crippen LogP contribution in [0.15, 0.2) is 71.9 Å². The van der Waals surface area contributed by atoms with Gasteiger partial charge >= 0.3 is 12.1 Å². The number of aromatic nitrogens is 1. The number of halogens is 3. The van der Waals surface area contributed by atoms with Crippen LogP contribution in [0.4, 0.5) is 13.2 Å². The molecular formula is C22H19F3N2O4S. The summed E-state index contributed by atoms with van der Waals surface area (Å²) < 4.78 is 68.1. The fourth-order valence-electron chi connectivity index (χ4n) is 3.28. The van der Waals surface area contributed by atoms with Gasteiger partial charge in [-0.1, -0.05) is 30.3 Å². The first-order valence-electron chi connectivity index (χ1n) is 9.31. The molecule has 0 aliphatic heterocycles. The van der Waals surface area contributed by atoms with Gasteiger partial charge in [-0.15, -0.1) is 0 Å². The second-order valence-electron chi connectivity index (χ2n) is 7.53. The zero-order valence-corrected chi connectivity index (χ0v) is 17.8. The van der Waals surface area contributed by atoms with Gasteiger partial charge in [0, 0.05) is 12.4 Å². The van der Waals surface area contributed by atoms with Gasteiger partial charge < -0.3 is 5.11 Å². The molecule has 3 aromatic rings. The van der Waals surface area contributed by atoms with Crippen molar-refractivity contribution < 1.29 is 31.5 Å². The van der Waals surface area contributed by atoms with Crippen molar-refractivity contribution in [1.29, 1.82) is 0 Å². The van der Waals surface area contributed by atoms with Crippen molar-refractivity contribution in [2.75, 3.05) is 0 Å². The Morgan fingerprint density at radius 2 is 1.72 bits per heavy atom. The van der Waals surface area contributed by atoms with E-state index in [4.69, 9.17) is 0 Å². The van der Waals surface area contributed by atoms with Gasteiger partial charge in [-0.25, -0.2) is 17.9 Å². The number of carboxylic acid groups (broad SMARTS) is 1. The van der Waals surface area contributed by atoms with E-state index >= 15 is 0 Å². The Kier molecular flexibility index (Phi) is 6.12. The number of carboxylic acids is 1. The zero-order chi connectivity index (χ0) is 23.7. The van der Waals surface area contributed by atoms with E-state index in [0.29, 0.717) is 22.8 Å². The lowest BCUT2D eigenvalue weighted by Crippen LogP contribution is -2.41. The summed E-state index contributed by atoms with van der Waals surface area (Å²) in [5.41, 5.74) is -1.33. The molecule has 0 atom stereocenters. The van der Waals surface area contributed by atoms with Crippen LogP contribution in [0.3, 0.4) is 0 Å². The Labute approximate surface area is 182 Å². The Hall–Kier alpha value is -3.24. The number of aromatic carboxylic acids is 1. The molecule has 0 aliphatic carbocycles. The van der Waals surface area contributed by atoms with Crippen LogP contribution in [0, 0.1) is 0 Å². The van der Waals surface area contributed by atoms with E-state index in [9.17, 15) is 31.5 Å². The maximum Gasteiger partial charge on any atom is 0.417 e. The molecule has 6 nitrogen and oxygen atoms in total. The quantitative estimate of drug-likeness (QED) is 0.552. The first kappa shape index (κ1) is 23.4. The van der Waals surface area contributed by atoms with Crippen molar-refractivity contribution >= 4 is 16.0 Å². The molecule has 0 saturated carbocycles. The summed E-state index contributed by atoms with van der Waals surface area (Å²) in [7, 11) is -4.55. The molecule has 168 valence electrons. The van der Waals surface area contributed by atoms with Crippen LogP contribution in [-0.4, -0.2) is 24.5 Å². The van der Waals surface area contributed by atoms with Crippen LogP contribution in [0.2, 0.25) is 0 Å². The minimum absolute atomic E-state index is 0.0397. The van der Waals surface area contributed by atoms with Crippen LogP contribution in [0.5, 0.6) is 0 Å². The van der Waals surface area contributed by atoms with Gasteiger partial charge in [0.15, 0.2) is 0 Å². The highest BCUT2D eigenvalue weighted by Crippen LogP contribution is 2.35. The van der Waals surface area contributed by atoms with Crippen molar-refractivity contribution in [3.05, 3.63) is 83.7 Å². The van der Waals surface area contributed by atoms with Crippen molar-refractivity contribution in [2.24, 2.45) is 0 Å². The summed E-state index contributed by atoms with van der Waals surface area (Å²) in [4.78, 5) is 14.4. The third-order valence-corrected chi connectivity index (χ3v) is 6.53. The number of hydrogen-bond acceptors (Lipinski definition) is 4. The average Bonchev–Trinajstić information content (AvgIpc) is 2.72. The number of hydrogen-bond donors (Lipinski definition) is 2. The van der Waals surface area contributed by atoms with Crippen LogP contribution in [0.25, 0.3) is 11.1 Å². The van der Waals surface area contributed by atoms with Crippen molar-refractivity contribution in [3.63, 3.8) is 0 Å². The van der Waals surface area contributed by atoms with Crippen LogP contribution in [-0.2, 0) is 21.7 Å². The molecule has 0 unspecified atom stereocenters. The van der Waals surface area contributed by atoms with Crippen LogP contribution >= 0.6 is 0 Å². The minimum Gasteiger partial charge on any atom is -0.478 e. The summed E-state index contributed by atoms with van der Waals surface area (Å²) >= 11 is 0. The van der Waals surface area contributed by atoms with E-state index in [2.05, 4.69) is 9.71 Å². The average molecular weight is 464 g/mol.